The minimum atomic E-state index is 0.433. The third-order valence-corrected chi connectivity index (χ3v) is 5.18. The van der Waals surface area contributed by atoms with Crippen molar-refractivity contribution in [3.8, 4) is 34.6 Å². The Hall–Kier alpha value is -3.79. The molecule has 170 valence electrons. The first-order valence-corrected chi connectivity index (χ1v) is 11.4. The second-order valence-corrected chi connectivity index (χ2v) is 7.30. The fourth-order valence-electron chi connectivity index (χ4n) is 3.42. The first kappa shape index (κ1) is 22.4. The van der Waals surface area contributed by atoms with Gasteiger partial charge in [0.15, 0.2) is 22.9 Å². The molecule has 0 bridgehead atoms. The van der Waals surface area contributed by atoms with Gasteiger partial charge in [-0.2, -0.15) is 0 Å². The molecule has 0 fully saturated rings. The summed E-state index contributed by atoms with van der Waals surface area (Å²) in [5.74, 6) is 2.76. The van der Waals surface area contributed by atoms with Crippen molar-refractivity contribution in [2.24, 2.45) is 0 Å². The molecule has 1 aromatic carbocycles. The summed E-state index contributed by atoms with van der Waals surface area (Å²) in [5, 5.41) is 0. The van der Waals surface area contributed by atoms with E-state index in [0.717, 1.165) is 0 Å². The molecule has 9 nitrogen and oxygen atoms in total. The van der Waals surface area contributed by atoms with Gasteiger partial charge in [0.1, 0.15) is 28.6 Å². The summed E-state index contributed by atoms with van der Waals surface area (Å²) in [4.78, 5) is 19.0. The van der Waals surface area contributed by atoms with E-state index in [1.165, 1.54) is 11.9 Å². The predicted octanol–water partition coefficient (Wildman–Crippen LogP) is 4.63. The number of nitrogens with one attached hydrogen (secondary N) is 1. The summed E-state index contributed by atoms with van der Waals surface area (Å²) < 4.78 is 22.0. The zero-order chi connectivity index (χ0) is 23.4. The van der Waals surface area contributed by atoms with Gasteiger partial charge in [-0.25, -0.2) is 19.9 Å². The van der Waals surface area contributed by atoms with Crippen LogP contribution in [-0.2, 0) is 0 Å². The molecule has 33 heavy (non-hydrogen) atoms. The molecule has 3 heterocycles. The summed E-state index contributed by atoms with van der Waals surface area (Å²) in [5.41, 5.74) is 2.77. The number of hydrogen-bond acceptors (Lipinski definition) is 9. The molecule has 0 saturated carbocycles. The third-order valence-electron chi connectivity index (χ3n) is 4.78. The van der Waals surface area contributed by atoms with Gasteiger partial charge in [0.2, 0.25) is 5.88 Å². The highest BCUT2D eigenvalue weighted by atomic mass is 32.2. The van der Waals surface area contributed by atoms with Crippen molar-refractivity contribution < 1.29 is 14.2 Å². The van der Waals surface area contributed by atoms with Crippen LogP contribution in [0, 0.1) is 0 Å². The highest BCUT2D eigenvalue weighted by molar-refractivity contribution is 7.99. The predicted molar refractivity (Wildman–Crippen MR) is 131 cm³/mol. The number of pyridine rings is 1. The second-order valence-electron chi connectivity index (χ2n) is 6.69. The number of para-hydroxylation sites is 1. The summed E-state index contributed by atoms with van der Waals surface area (Å²) in [7, 11) is 3.21. The molecular weight excluding hydrogens is 440 g/mol. The molecule has 0 unspecified atom stereocenters. The minimum Gasteiger partial charge on any atom is -0.494 e. The third kappa shape index (κ3) is 4.17. The molecule has 0 amide bonds. The zero-order valence-electron chi connectivity index (χ0n) is 18.8. The molecule has 4 aromatic rings. The monoisotopic (exact) mass is 464 g/mol. The van der Waals surface area contributed by atoms with Crippen LogP contribution in [-0.4, -0.2) is 51.6 Å². The maximum absolute atomic E-state index is 5.68. The molecule has 1 N–H and O–H groups in total. The lowest BCUT2D eigenvalue weighted by molar-refractivity contribution is 0.327. The summed E-state index contributed by atoms with van der Waals surface area (Å²) in [6.45, 7) is 6.27. The van der Waals surface area contributed by atoms with Crippen molar-refractivity contribution in [3.63, 3.8) is 0 Å². The Labute approximate surface area is 196 Å². The van der Waals surface area contributed by atoms with Gasteiger partial charge in [-0.3, -0.25) is 4.57 Å². The number of ether oxygens (including phenoxy) is 3. The molecule has 0 aliphatic carbocycles. The molecule has 0 spiro atoms. The average Bonchev–Trinajstić information content (AvgIpc) is 3.21. The van der Waals surface area contributed by atoms with Crippen molar-refractivity contribution in [2.75, 3.05) is 31.8 Å². The maximum atomic E-state index is 5.68. The molecule has 3 aromatic heterocycles. The van der Waals surface area contributed by atoms with E-state index < -0.39 is 0 Å². The summed E-state index contributed by atoms with van der Waals surface area (Å²) in [6.07, 6.45) is 3.55. The first-order valence-electron chi connectivity index (χ1n) is 10.2. The van der Waals surface area contributed by atoms with Crippen LogP contribution < -0.4 is 18.9 Å². The van der Waals surface area contributed by atoms with Gasteiger partial charge >= 0.3 is 0 Å². The number of methoxy groups -OCH3 is 2. The lowest BCUT2D eigenvalue weighted by atomic mass is 10.2. The van der Waals surface area contributed by atoms with Crippen LogP contribution in [0.2, 0.25) is 0 Å². The van der Waals surface area contributed by atoms with Crippen LogP contribution in [0.4, 0.5) is 5.82 Å². The normalized spacial score (nSPS) is 10.8. The van der Waals surface area contributed by atoms with Gasteiger partial charge in [-0.05, 0) is 31.2 Å². The molecule has 0 aliphatic rings. The Morgan fingerprint density at radius 2 is 1.76 bits per heavy atom. The molecule has 4 rings (SSSR count). The van der Waals surface area contributed by atoms with Crippen LogP contribution in [0.5, 0.6) is 17.4 Å². The quantitative estimate of drug-likeness (QED) is 0.356. The van der Waals surface area contributed by atoms with Gasteiger partial charge in [-0.15, -0.1) is 0 Å². The van der Waals surface area contributed by atoms with Crippen LogP contribution in [0.3, 0.4) is 0 Å². The Kier molecular flexibility index (Phi) is 6.64. The zero-order valence-corrected chi connectivity index (χ0v) is 19.6. The SMILES string of the molecule is C=Cc1nc2nc(-c3cccc(OCC)n3)n(-c3c(OC)cccc3OC)c2nc1NSC. The molecule has 0 radical (unpaired) electrons. The van der Waals surface area contributed by atoms with Gasteiger partial charge < -0.3 is 18.9 Å². The Balaban J connectivity index is 2.11. The van der Waals surface area contributed by atoms with Gasteiger partial charge in [0, 0.05) is 12.3 Å². The lowest BCUT2D eigenvalue weighted by Crippen LogP contribution is -2.06. The van der Waals surface area contributed by atoms with Gasteiger partial charge in [0.05, 0.1) is 20.8 Å². The molecular formula is C23H24N6O3S. The molecule has 10 heteroatoms. The molecule has 0 atom stereocenters. The van der Waals surface area contributed by atoms with E-state index in [4.69, 9.17) is 24.2 Å². The summed E-state index contributed by atoms with van der Waals surface area (Å²) in [6, 6.07) is 11.1. The summed E-state index contributed by atoms with van der Waals surface area (Å²) >= 11 is 1.41. The smallest absolute Gasteiger partial charge is 0.213 e. The van der Waals surface area contributed by atoms with Crippen molar-refractivity contribution in [3.05, 3.63) is 48.7 Å². The fraction of sp³-hybridized carbons (Fsp3) is 0.217. The number of nitrogens with zero attached hydrogens (tertiary/aromatic N) is 5. The van der Waals surface area contributed by atoms with E-state index in [1.54, 1.807) is 26.4 Å². The molecule has 0 saturated heterocycles. The average molecular weight is 465 g/mol. The largest absolute Gasteiger partial charge is 0.494 e. The van der Waals surface area contributed by atoms with E-state index >= 15 is 0 Å². The Morgan fingerprint density at radius 3 is 2.39 bits per heavy atom. The van der Waals surface area contributed by atoms with Crippen molar-refractivity contribution in [1.29, 1.82) is 0 Å². The van der Waals surface area contributed by atoms with Crippen molar-refractivity contribution in [1.82, 2.24) is 24.5 Å². The van der Waals surface area contributed by atoms with Crippen LogP contribution in [0.1, 0.15) is 12.6 Å². The Morgan fingerprint density at radius 1 is 1.03 bits per heavy atom. The number of benzene rings is 1. The van der Waals surface area contributed by atoms with E-state index in [1.807, 2.05) is 48.1 Å². The van der Waals surface area contributed by atoms with E-state index in [9.17, 15) is 0 Å². The van der Waals surface area contributed by atoms with Crippen molar-refractivity contribution in [2.45, 2.75) is 6.92 Å². The van der Waals surface area contributed by atoms with Crippen LogP contribution in [0.15, 0.2) is 43.0 Å². The fourth-order valence-corrected chi connectivity index (χ4v) is 3.77. The first-order chi connectivity index (χ1) is 16.1. The highest BCUT2D eigenvalue weighted by Gasteiger charge is 2.24. The van der Waals surface area contributed by atoms with Crippen LogP contribution in [0.25, 0.3) is 34.6 Å². The number of imidazole rings is 1. The number of anilines is 1. The highest BCUT2D eigenvalue weighted by Crippen LogP contribution is 2.38. The Bertz CT molecular complexity index is 1280. The standard InChI is InChI=1S/C23H24N6O3S/c1-6-14-20(28-33-5)26-23-21(25-14)27-22(15-10-8-13-18(24-15)32-7-2)29(23)19-16(30-3)11-9-12-17(19)31-4/h6,8-13H,1,7H2,2-5H3,(H,26,28). The van der Waals surface area contributed by atoms with Gasteiger partial charge in [-0.1, -0.05) is 30.7 Å². The number of aromatic nitrogens is 5. The minimum absolute atomic E-state index is 0.433. The van der Waals surface area contributed by atoms with E-state index in [-0.39, 0.29) is 0 Å². The lowest BCUT2D eigenvalue weighted by Gasteiger charge is -2.16. The number of hydrogen-bond donors (Lipinski definition) is 1. The van der Waals surface area contributed by atoms with Crippen LogP contribution >= 0.6 is 11.9 Å². The van der Waals surface area contributed by atoms with E-state index in [0.29, 0.717) is 64.0 Å². The van der Waals surface area contributed by atoms with E-state index in [2.05, 4.69) is 21.3 Å². The number of rotatable bonds is 9. The second kappa shape index (κ2) is 9.78. The maximum Gasteiger partial charge on any atom is 0.213 e. The topological polar surface area (TPSA) is 96.2 Å². The number of fused-ring (bicyclic) bond motifs is 1. The van der Waals surface area contributed by atoms with Crippen molar-refractivity contribution >= 4 is 35.1 Å². The molecule has 0 aliphatic heterocycles. The van der Waals surface area contributed by atoms with Gasteiger partial charge in [0.25, 0.3) is 0 Å².